The van der Waals surface area contributed by atoms with Gasteiger partial charge < -0.3 is 19.3 Å². The zero-order chi connectivity index (χ0) is 23.3. The molecule has 3 heterocycles. The number of aromatic nitrogens is 2. The second kappa shape index (κ2) is 8.46. The van der Waals surface area contributed by atoms with Crippen LogP contribution in [0.5, 0.6) is 0 Å². The summed E-state index contributed by atoms with van der Waals surface area (Å²) in [6.45, 7) is 6.03. The van der Waals surface area contributed by atoms with E-state index in [1.807, 2.05) is 19.2 Å². The summed E-state index contributed by atoms with van der Waals surface area (Å²) in [5.41, 5.74) is 2.85. The molecule has 1 aromatic carbocycles. The van der Waals surface area contributed by atoms with Gasteiger partial charge in [-0.3, -0.25) is 9.48 Å². The van der Waals surface area contributed by atoms with Crippen molar-refractivity contribution in [2.75, 3.05) is 38.0 Å². The lowest BCUT2D eigenvalue weighted by atomic mass is 9.95. The van der Waals surface area contributed by atoms with Crippen LogP contribution in [0.2, 0.25) is 5.02 Å². The zero-order valence-electron chi connectivity index (χ0n) is 18.3. The van der Waals surface area contributed by atoms with Crippen LogP contribution < -0.4 is 15.2 Å². The van der Waals surface area contributed by atoms with Crippen molar-refractivity contribution in [1.29, 1.82) is 0 Å². The molecule has 33 heavy (non-hydrogen) atoms. The maximum absolute atomic E-state index is 16.0. The number of methoxy groups -OCH3 is 1. The highest BCUT2D eigenvalue weighted by Crippen LogP contribution is 2.33. The monoisotopic (exact) mass is 487 g/mol. The van der Waals surface area contributed by atoms with E-state index in [-0.39, 0.29) is 5.91 Å². The molecule has 0 saturated carbocycles. The summed E-state index contributed by atoms with van der Waals surface area (Å²) in [4.78, 5) is 15.8. The predicted octanol–water partition coefficient (Wildman–Crippen LogP) is 1.97. The molecule has 0 spiro atoms. The van der Waals surface area contributed by atoms with Gasteiger partial charge in [0.05, 0.1) is 29.7 Å². The van der Waals surface area contributed by atoms with Crippen molar-refractivity contribution in [2.24, 2.45) is 7.05 Å². The fourth-order valence-corrected chi connectivity index (χ4v) is 5.81. The van der Waals surface area contributed by atoms with E-state index < -0.39 is 5.82 Å². The molecule has 1 fully saturated rings. The first-order valence-electron chi connectivity index (χ1n) is 10.5. The van der Waals surface area contributed by atoms with E-state index in [1.54, 1.807) is 22.9 Å². The molecule has 0 unspecified atom stereocenters. The number of carbonyl (C=O) groups excluding carboxylic acids is 1. The van der Waals surface area contributed by atoms with Crippen LogP contribution in [0.1, 0.15) is 11.3 Å². The van der Waals surface area contributed by atoms with Crippen LogP contribution >= 0.6 is 23.5 Å². The number of nitrogens with zero attached hydrogens (tertiary/aromatic N) is 4. The van der Waals surface area contributed by atoms with Gasteiger partial charge >= 0.3 is 0 Å². The minimum atomic E-state index is -0.406. The Labute approximate surface area is 200 Å². The standard InChI is InChI=1S/C23H23ClFN5O2S/c1-4-18(31)29-5-7-30(8-6-29)23-16-11-17(24)19(20(25)21(16)27-33-23)15-10-14(32-3)9-13-12-26-28(2)22(13)15/h4,10-12,27H,1,5-9H2,2-3H3/b19-15+. The number of allylic oxidation sites excluding steroid dienone is 2. The van der Waals surface area contributed by atoms with Crippen LogP contribution in [0.15, 0.2) is 36.8 Å². The number of anilines is 1. The average Bonchev–Trinajstić information content (AvgIpc) is 3.42. The molecule has 0 bridgehead atoms. The first-order chi connectivity index (χ1) is 15.9. The van der Waals surface area contributed by atoms with Gasteiger partial charge in [0, 0.05) is 73.2 Å². The second-order valence-electron chi connectivity index (χ2n) is 8.04. The van der Waals surface area contributed by atoms with Crippen molar-refractivity contribution >= 4 is 45.7 Å². The quantitative estimate of drug-likeness (QED) is 0.527. The number of nitrogens with one attached hydrogen (secondary N) is 1. The van der Waals surface area contributed by atoms with Crippen LogP contribution in [-0.4, -0.2) is 58.8 Å². The van der Waals surface area contributed by atoms with Gasteiger partial charge in [0.25, 0.3) is 0 Å². The lowest BCUT2D eigenvalue weighted by molar-refractivity contribution is -0.127. The third-order valence-corrected chi connectivity index (χ3v) is 7.50. The molecule has 1 aliphatic carbocycles. The van der Waals surface area contributed by atoms with Gasteiger partial charge in [-0.15, -0.1) is 0 Å². The molecule has 1 aromatic heterocycles. The molecule has 1 N–H and O–H groups in total. The zero-order valence-corrected chi connectivity index (χ0v) is 19.9. The van der Waals surface area contributed by atoms with Crippen LogP contribution in [-0.2, 0) is 23.0 Å². The summed E-state index contributed by atoms with van der Waals surface area (Å²) in [6.07, 6.45) is 5.54. The van der Waals surface area contributed by atoms with E-state index in [9.17, 15) is 4.79 Å². The van der Waals surface area contributed by atoms with Crippen molar-refractivity contribution in [3.63, 3.8) is 0 Å². The Kier molecular flexibility index (Phi) is 5.62. The van der Waals surface area contributed by atoms with Crippen molar-refractivity contribution < 1.29 is 13.9 Å². The van der Waals surface area contributed by atoms with Gasteiger partial charge in [0.15, 0.2) is 5.82 Å². The summed E-state index contributed by atoms with van der Waals surface area (Å²) in [6, 6.07) is 1.82. The van der Waals surface area contributed by atoms with Crippen molar-refractivity contribution in [2.45, 2.75) is 6.42 Å². The molecule has 172 valence electrons. The number of piperazine rings is 1. The summed E-state index contributed by atoms with van der Waals surface area (Å²) in [7, 11) is 3.44. The number of aryl methyl sites for hydroxylation is 1. The molecule has 10 heteroatoms. The smallest absolute Gasteiger partial charge is 0.246 e. The Morgan fingerprint density at radius 2 is 2.12 bits per heavy atom. The SMILES string of the molecule is C=CC(=O)N1CCN(C2=c3cc(Cl)/c(=C4/C=C(OC)Cc5cnn(C)c54)c(F)c3NS2)CC1. The van der Waals surface area contributed by atoms with Gasteiger partial charge in [0.2, 0.25) is 5.91 Å². The minimum absolute atomic E-state index is 0.0708. The van der Waals surface area contributed by atoms with Gasteiger partial charge in [0.1, 0.15) is 10.8 Å². The number of hydrogen-bond donors (Lipinski definition) is 1. The van der Waals surface area contributed by atoms with E-state index in [2.05, 4.69) is 21.3 Å². The number of ether oxygens (including phenoxy) is 1. The lowest BCUT2D eigenvalue weighted by Gasteiger charge is -2.35. The highest BCUT2D eigenvalue weighted by atomic mass is 35.5. The summed E-state index contributed by atoms with van der Waals surface area (Å²) in [5.74, 6) is 0.248. The number of carbonyl (C=O) groups is 1. The summed E-state index contributed by atoms with van der Waals surface area (Å²) < 4.78 is 26.3. The number of rotatable bonds is 3. The van der Waals surface area contributed by atoms with E-state index in [0.717, 1.165) is 27.3 Å². The Bertz CT molecular complexity index is 1330. The molecule has 0 atom stereocenters. The Hall–Kier alpha value is -2.91. The maximum atomic E-state index is 16.0. The molecule has 0 radical (unpaired) electrons. The third-order valence-electron chi connectivity index (χ3n) is 6.22. The highest BCUT2D eigenvalue weighted by molar-refractivity contribution is 8.09. The van der Waals surface area contributed by atoms with E-state index in [1.165, 1.54) is 18.0 Å². The first-order valence-corrected chi connectivity index (χ1v) is 11.7. The number of benzene rings is 1. The fourth-order valence-electron chi connectivity index (χ4n) is 4.53. The molecular weight excluding hydrogens is 465 g/mol. The van der Waals surface area contributed by atoms with Crippen LogP contribution in [0.4, 0.5) is 10.1 Å². The van der Waals surface area contributed by atoms with Gasteiger partial charge in [-0.05, 0) is 18.2 Å². The topological polar surface area (TPSA) is 62.6 Å². The van der Waals surface area contributed by atoms with Crippen LogP contribution in [0, 0.1) is 5.82 Å². The lowest BCUT2D eigenvalue weighted by Crippen LogP contribution is -2.47. The van der Waals surface area contributed by atoms with Gasteiger partial charge in [-0.1, -0.05) is 18.2 Å². The molecule has 2 aromatic rings. The van der Waals surface area contributed by atoms with E-state index in [0.29, 0.717) is 54.1 Å². The Morgan fingerprint density at radius 3 is 2.82 bits per heavy atom. The number of halogens is 2. The van der Waals surface area contributed by atoms with Crippen molar-refractivity contribution in [3.05, 3.63) is 69.3 Å². The average molecular weight is 488 g/mol. The molecule has 5 rings (SSSR count). The van der Waals surface area contributed by atoms with E-state index >= 15 is 4.39 Å². The van der Waals surface area contributed by atoms with E-state index in [4.69, 9.17) is 16.3 Å². The summed E-state index contributed by atoms with van der Waals surface area (Å²) in [5, 5.41) is 6.63. The third kappa shape index (κ3) is 3.59. The van der Waals surface area contributed by atoms with Crippen molar-refractivity contribution in [1.82, 2.24) is 19.6 Å². The molecular formula is C23H23ClFN5O2S. The molecule has 2 aliphatic heterocycles. The Balaban J connectivity index is 1.63. The Morgan fingerprint density at radius 1 is 1.36 bits per heavy atom. The predicted molar refractivity (Wildman–Crippen MR) is 128 cm³/mol. The number of hydrogen-bond acceptors (Lipinski definition) is 6. The second-order valence-corrected chi connectivity index (χ2v) is 9.25. The number of fused-ring (bicyclic) bond motifs is 2. The molecule has 3 aliphatic rings. The first kappa shape index (κ1) is 21.9. The van der Waals surface area contributed by atoms with Crippen LogP contribution in [0.25, 0.3) is 10.6 Å². The normalized spacial score (nSPS) is 19.0. The largest absolute Gasteiger partial charge is 0.501 e. The van der Waals surface area contributed by atoms with Crippen LogP contribution in [0.3, 0.4) is 0 Å². The number of amides is 1. The minimum Gasteiger partial charge on any atom is -0.501 e. The highest BCUT2D eigenvalue weighted by Gasteiger charge is 2.29. The maximum Gasteiger partial charge on any atom is 0.246 e. The van der Waals surface area contributed by atoms with Gasteiger partial charge in [-0.25, -0.2) is 4.39 Å². The molecule has 1 amide bonds. The van der Waals surface area contributed by atoms with Gasteiger partial charge in [-0.2, -0.15) is 5.10 Å². The summed E-state index contributed by atoms with van der Waals surface area (Å²) >= 11 is 8.09. The molecule has 7 nitrogen and oxygen atoms in total. The molecule has 1 saturated heterocycles. The fraction of sp³-hybridized carbons (Fsp3) is 0.304. The van der Waals surface area contributed by atoms with Crippen molar-refractivity contribution in [3.8, 4) is 0 Å².